The van der Waals surface area contributed by atoms with Crippen molar-refractivity contribution in [1.82, 2.24) is 9.97 Å². The fourth-order valence-corrected chi connectivity index (χ4v) is 1.17. The van der Waals surface area contributed by atoms with Gasteiger partial charge in [-0.3, -0.25) is 0 Å². The molecule has 2 aromatic rings. The third-order valence-corrected chi connectivity index (χ3v) is 2.00. The zero-order chi connectivity index (χ0) is 10.3. The summed E-state index contributed by atoms with van der Waals surface area (Å²) in [5.41, 5.74) is 1.02. The Balaban J connectivity index is 2.45. The Kier molecular flexibility index (Phi) is 2.06. The van der Waals surface area contributed by atoms with E-state index in [2.05, 4.69) is 9.97 Å². The average molecular weight is 194 g/mol. The zero-order valence-corrected chi connectivity index (χ0v) is 8.87. The molecule has 4 nitrogen and oxygen atoms in total. The highest BCUT2D eigenvalue weighted by molar-refractivity contribution is 5.60. The molecule has 0 bridgehead atoms. The summed E-state index contributed by atoms with van der Waals surface area (Å²) in [6.45, 7) is 8.09. The number of rotatable bonds is 2. The maximum absolute atomic E-state index is 5.44. The van der Waals surface area contributed by atoms with Gasteiger partial charge in [0.2, 0.25) is 11.8 Å². The van der Waals surface area contributed by atoms with Crippen molar-refractivity contribution in [3.05, 3.63) is 11.8 Å². The maximum Gasteiger partial charge on any atom is 0.288 e. The summed E-state index contributed by atoms with van der Waals surface area (Å²) >= 11 is 0. The third-order valence-electron chi connectivity index (χ3n) is 2.00. The largest absolute Gasteiger partial charge is 0.419 e. The van der Waals surface area contributed by atoms with Crippen molar-refractivity contribution in [3.8, 4) is 0 Å². The van der Waals surface area contributed by atoms with E-state index in [1.54, 1.807) is 0 Å². The van der Waals surface area contributed by atoms with Gasteiger partial charge in [-0.25, -0.2) is 0 Å². The number of hydrogen-bond donors (Lipinski definition) is 0. The van der Waals surface area contributed by atoms with Crippen molar-refractivity contribution in [2.75, 3.05) is 0 Å². The van der Waals surface area contributed by atoms with E-state index in [1.807, 2.05) is 27.7 Å². The van der Waals surface area contributed by atoms with E-state index < -0.39 is 0 Å². The van der Waals surface area contributed by atoms with Crippen LogP contribution in [0.1, 0.15) is 51.3 Å². The minimum atomic E-state index is 0.266. The Labute approximate surface area is 82.3 Å². The van der Waals surface area contributed by atoms with Crippen molar-refractivity contribution >= 4 is 11.4 Å². The quantitative estimate of drug-likeness (QED) is 0.737. The van der Waals surface area contributed by atoms with Gasteiger partial charge in [-0.2, -0.15) is 9.97 Å². The smallest absolute Gasteiger partial charge is 0.288 e. The molecule has 0 fully saturated rings. The molecule has 2 aromatic heterocycles. The van der Waals surface area contributed by atoms with Gasteiger partial charge >= 0.3 is 0 Å². The normalized spacial score (nSPS) is 12.1. The predicted octanol–water partition coefficient (Wildman–Crippen LogP) is 3.06. The van der Waals surface area contributed by atoms with E-state index in [0.717, 1.165) is 0 Å². The second-order valence-corrected chi connectivity index (χ2v) is 4.02. The van der Waals surface area contributed by atoms with Crippen LogP contribution in [-0.4, -0.2) is 9.97 Å². The Morgan fingerprint density at radius 3 is 1.43 bits per heavy atom. The highest BCUT2D eigenvalue weighted by Gasteiger charge is 2.16. The molecule has 2 heterocycles. The van der Waals surface area contributed by atoms with Crippen LogP contribution < -0.4 is 0 Å². The summed E-state index contributed by atoms with van der Waals surface area (Å²) in [4.78, 5) is 8.44. The molecule has 0 N–H and O–H groups in total. The lowest BCUT2D eigenvalue weighted by atomic mass is 10.2. The van der Waals surface area contributed by atoms with Gasteiger partial charge in [0, 0.05) is 11.8 Å². The molecule has 0 amide bonds. The molecule has 0 aliphatic heterocycles. The molecular weight excluding hydrogens is 180 g/mol. The number of hydrogen-bond acceptors (Lipinski definition) is 4. The highest BCUT2D eigenvalue weighted by Crippen LogP contribution is 2.24. The first-order valence-electron chi connectivity index (χ1n) is 4.85. The third kappa shape index (κ3) is 1.41. The van der Waals surface area contributed by atoms with Gasteiger partial charge in [-0.1, -0.05) is 27.7 Å². The van der Waals surface area contributed by atoms with E-state index in [4.69, 9.17) is 8.83 Å². The summed E-state index contributed by atoms with van der Waals surface area (Å²) in [6, 6.07) is 0. The molecule has 0 saturated carbocycles. The van der Waals surface area contributed by atoms with E-state index in [1.165, 1.54) is 0 Å². The molecule has 0 atom stereocenters. The summed E-state index contributed by atoms with van der Waals surface area (Å²) < 4.78 is 10.9. The van der Waals surface area contributed by atoms with E-state index >= 15 is 0 Å². The maximum atomic E-state index is 5.44. The van der Waals surface area contributed by atoms with Gasteiger partial charge in [0.25, 0.3) is 11.4 Å². The fourth-order valence-electron chi connectivity index (χ4n) is 1.17. The highest BCUT2D eigenvalue weighted by atomic mass is 16.4. The summed E-state index contributed by atoms with van der Waals surface area (Å²) in [6.07, 6.45) is 0. The average Bonchev–Trinajstić information content (AvgIpc) is 2.57. The minimum absolute atomic E-state index is 0.266. The Morgan fingerprint density at radius 1 is 0.786 bits per heavy atom. The minimum Gasteiger partial charge on any atom is -0.419 e. The Hall–Kier alpha value is -1.32. The van der Waals surface area contributed by atoms with Crippen molar-refractivity contribution in [2.45, 2.75) is 39.5 Å². The summed E-state index contributed by atoms with van der Waals surface area (Å²) in [7, 11) is 0. The molecule has 0 spiro atoms. The molecule has 76 valence electrons. The van der Waals surface area contributed by atoms with Crippen LogP contribution in [0.2, 0.25) is 0 Å². The Bertz CT molecular complexity index is 371. The van der Waals surface area contributed by atoms with Crippen LogP contribution in [0.25, 0.3) is 11.4 Å². The fraction of sp³-hybridized carbons (Fsp3) is 0.600. The van der Waals surface area contributed by atoms with Gasteiger partial charge in [-0.05, 0) is 0 Å². The van der Waals surface area contributed by atoms with E-state index in [9.17, 15) is 0 Å². The number of oxazole rings is 2. The molecule has 0 radical (unpaired) electrons. The zero-order valence-electron chi connectivity index (χ0n) is 8.87. The lowest BCUT2D eigenvalue weighted by Gasteiger charge is -1.96. The van der Waals surface area contributed by atoms with Crippen LogP contribution >= 0.6 is 0 Å². The van der Waals surface area contributed by atoms with Crippen molar-refractivity contribution in [2.24, 2.45) is 0 Å². The molecular formula is C10H14N2O2. The van der Waals surface area contributed by atoms with Crippen LogP contribution in [0.3, 0.4) is 0 Å². The van der Waals surface area contributed by atoms with Crippen LogP contribution in [0.15, 0.2) is 8.83 Å². The van der Waals surface area contributed by atoms with Crippen molar-refractivity contribution in [3.63, 3.8) is 0 Å². The van der Waals surface area contributed by atoms with E-state index in [0.29, 0.717) is 23.2 Å². The van der Waals surface area contributed by atoms with Crippen molar-refractivity contribution < 1.29 is 8.83 Å². The second kappa shape index (κ2) is 3.12. The van der Waals surface area contributed by atoms with Crippen LogP contribution in [0.5, 0.6) is 0 Å². The van der Waals surface area contributed by atoms with Gasteiger partial charge in [0.05, 0.1) is 0 Å². The first kappa shape index (κ1) is 9.24. The Morgan fingerprint density at radius 2 is 1.14 bits per heavy atom. The first-order chi connectivity index (χ1) is 6.58. The molecule has 0 saturated heterocycles. The molecule has 14 heavy (non-hydrogen) atoms. The predicted molar refractivity (Wildman–Crippen MR) is 52.2 cm³/mol. The lowest BCUT2D eigenvalue weighted by Crippen LogP contribution is -1.87. The topological polar surface area (TPSA) is 52.1 Å². The van der Waals surface area contributed by atoms with Gasteiger partial charge in [-0.15, -0.1) is 0 Å². The number of aromatic nitrogens is 2. The van der Waals surface area contributed by atoms with Gasteiger partial charge in [0.15, 0.2) is 0 Å². The molecule has 0 unspecified atom stereocenters. The van der Waals surface area contributed by atoms with Gasteiger partial charge in [0.1, 0.15) is 0 Å². The monoisotopic (exact) mass is 194 g/mol. The van der Waals surface area contributed by atoms with Crippen LogP contribution in [0, 0.1) is 0 Å². The molecule has 2 rings (SSSR count). The van der Waals surface area contributed by atoms with Crippen molar-refractivity contribution in [1.29, 1.82) is 0 Å². The molecule has 0 aliphatic rings. The van der Waals surface area contributed by atoms with Crippen LogP contribution in [0.4, 0.5) is 0 Å². The second-order valence-electron chi connectivity index (χ2n) is 4.02. The SMILES string of the molecule is CC(C)c1nc2oc(C(C)C)nc2o1. The standard InChI is InChI=1S/C10H14N2O2/c1-5(2)7-11-9-10(13-7)12-8(14-9)6(3)4/h5-6H,1-4H3. The summed E-state index contributed by atoms with van der Waals surface area (Å²) in [5, 5.41) is 0. The first-order valence-corrected chi connectivity index (χ1v) is 4.85. The van der Waals surface area contributed by atoms with Gasteiger partial charge < -0.3 is 8.83 Å². The lowest BCUT2D eigenvalue weighted by molar-refractivity contribution is 0.470. The van der Waals surface area contributed by atoms with Crippen LogP contribution in [-0.2, 0) is 0 Å². The summed E-state index contributed by atoms with van der Waals surface area (Å²) in [5.74, 6) is 1.90. The van der Waals surface area contributed by atoms with E-state index in [-0.39, 0.29) is 11.8 Å². The molecule has 0 aliphatic carbocycles. The molecule has 4 heteroatoms. The number of fused-ring (bicyclic) bond motifs is 1. The molecule has 0 aromatic carbocycles. The number of nitrogens with zero attached hydrogens (tertiary/aromatic N) is 2.